The molecular formula is C15H21N3. The van der Waals surface area contributed by atoms with Crippen molar-refractivity contribution in [2.75, 3.05) is 5.32 Å². The average molecular weight is 243 g/mol. The highest BCUT2D eigenvalue weighted by Crippen LogP contribution is 2.12. The summed E-state index contributed by atoms with van der Waals surface area (Å²) in [6.07, 6.45) is 6.17. The molecule has 0 aliphatic carbocycles. The van der Waals surface area contributed by atoms with Crippen molar-refractivity contribution >= 4 is 5.69 Å². The summed E-state index contributed by atoms with van der Waals surface area (Å²) < 4.78 is 2.18. The molecule has 1 N–H and O–H groups in total. The van der Waals surface area contributed by atoms with E-state index in [4.69, 9.17) is 0 Å². The molecule has 3 nitrogen and oxygen atoms in total. The summed E-state index contributed by atoms with van der Waals surface area (Å²) in [5.74, 6) is 0. The van der Waals surface area contributed by atoms with Gasteiger partial charge in [-0.25, -0.2) is 0 Å². The Morgan fingerprint density at radius 1 is 1.39 bits per heavy atom. The number of pyridine rings is 1. The predicted molar refractivity (Wildman–Crippen MR) is 75.8 cm³/mol. The first-order valence-corrected chi connectivity index (χ1v) is 6.44. The van der Waals surface area contributed by atoms with E-state index in [1.807, 2.05) is 19.2 Å². The number of aryl methyl sites for hydroxylation is 3. The van der Waals surface area contributed by atoms with Crippen LogP contribution in [0.25, 0.3) is 0 Å². The van der Waals surface area contributed by atoms with Crippen molar-refractivity contribution in [3.05, 3.63) is 48.0 Å². The van der Waals surface area contributed by atoms with Crippen LogP contribution >= 0.6 is 0 Å². The Kier molecular flexibility index (Phi) is 4.03. The van der Waals surface area contributed by atoms with Crippen LogP contribution in [0.3, 0.4) is 0 Å². The van der Waals surface area contributed by atoms with Crippen molar-refractivity contribution in [2.45, 2.75) is 32.7 Å². The van der Waals surface area contributed by atoms with Crippen LogP contribution < -0.4 is 5.32 Å². The molecule has 1 atom stereocenters. The molecule has 0 radical (unpaired) electrons. The Bertz CT molecular complexity index is 502. The van der Waals surface area contributed by atoms with Gasteiger partial charge in [-0.3, -0.25) is 4.98 Å². The van der Waals surface area contributed by atoms with Crippen molar-refractivity contribution in [3.63, 3.8) is 0 Å². The fraction of sp³-hybridized carbons (Fsp3) is 0.400. The molecule has 0 aliphatic rings. The quantitative estimate of drug-likeness (QED) is 0.874. The zero-order valence-corrected chi connectivity index (χ0v) is 11.4. The molecule has 0 amide bonds. The largest absolute Gasteiger partial charge is 0.382 e. The minimum Gasteiger partial charge on any atom is -0.382 e. The van der Waals surface area contributed by atoms with Gasteiger partial charge < -0.3 is 9.88 Å². The van der Waals surface area contributed by atoms with Gasteiger partial charge in [0.2, 0.25) is 0 Å². The van der Waals surface area contributed by atoms with Gasteiger partial charge in [-0.15, -0.1) is 0 Å². The topological polar surface area (TPSA) is 29.9 Å². The lowest BCUT2D eigenvalue weighted by Gasteiger charge is -2.15. The summed E-state index contributed by atoms with van der Waals surface area (Å²) in [5, 5.41) is 3.52. The van der Waals surface area contributed by atoms with Crippen LogP contribution in [-0.2, 0) is 13.5 Å². The monoisotopic (exact) mass is 243 g/mol. The Balaban J connectivity index is 1.86. The highest BCUT2D eigenvalue weighted by molar-refractivity contribution is 5.43. The van der Waals surface area contributed by atoms with Crippen LogP contribution in [0.2, 0.25) is 0 Å². The fourth-order valence-corrected chi connectivity index (χ4v) is 2.11. The average Bonchev–Trinajstić information content (AvgIpc) is 2.72. The molecule has 0 aliphatic heterocycles. The maximum atomic E-state index is 4.20. The van der Waals surface area contributed by atoms with Gasteiger partial charge in [0.05, 0.1) is 0 Å². The molecule has 0 saturated carbocycles. The molecule has 1 unspecified atom stereocenters. The number of hydrogen-bond acceptors (Lipinski definition) is 2. The van der Waals surface area contributed by atoms with Crippen molar-refractivity contribution in [1.82, 2.24) is 9.55 Å². The van der Waals surface area contributed by atoms with Gasteiger partial charge in [0.1, 0.15) is 0 Å². The standard InChI is InChI=1S/C15H21N3/c1-12(6-7-15-5-4-10-18(15)3)17-14-8-9-16-13(2)11-14/h4-5,8-12H,6-7H2,1-3H3,(H,16,17). The van der Waals surface area contributed by atoms with Gasteiger partial charge in [0.15, 0.2) is 0 Å². The van der Waals surface area contributed by atoms with Crippen molar-refractivity contribution in [2.24, 2.45) is 7.05 Å². The van der Waals surface area contributed by atoms with Crippen LogP contribution in [0.5, 0.6) is 0 Å². The summed E-state index contributed by atoms with van der Waals surface area (Å²) in [6, 6.07) is 8.84. The summed E-state index contributed by atoms with van der Waals surface area (Å²) in [6.45, 7) is 4.23. The van der Waals surface area contributed by atoms with E-state index < -0.39 is 0 Å². The minimum atomic E-state index is 0.460. The molecule has 0 fully saturated rings. The maximum Gasteiger partial charge on any atom is 0.0393 e. The number of nitrogens with zero attached hydrogens (tertiary/aromatic N) is 2. The lowest BCUT2D eigenvalue weighted by molar-refractivity contribution is 0.675. The molecule has 96 valence electrons. The third-order valence-corrected chi connectivity index (χ3v) is 3.19. The lowest BCUT2D eigenvalue weighted by Crippen LogP contribution is -2.16. The summed E-state index contributed by atoms with van der Waals surface area (Å²) >= 11 is 0. The van der Waals surface area contributed by atoms with E-state index in [0.29, 0.717) is 6.04 Å². The van der Waals surface area contributed by atoms with Crippen LogP contribution in [0.15, 0.2) is 36.7 Å². The van der Waals surface area contributed by atoms with E-state index in [0.717, 1.165) is 24.2 Å². The smallest absolute Gasteiger partial charge is 0.0393 e. The van der Waals surface area contributed by atoms with E-state index >= 15 is 0 Å². The van der Waals surface area contributed by atoms with Gasteiger partial charge in [-0.1, -0.05) is 0 Å². The first kappa shape index (κ1) is 12.7. The number of hydrogen-bond donors (Lipinski definition) is 1. The molecule has 2 aromatic rings. The first-order valence-electron chi connectivity index (χ1n) is 6.44. The van der Waals surface area contributed by atoms with Crippen molar-refractivity contribution < 1.29 is 0 Å². The van der Waals surface area contributed by atoms with Gasteiger partial charge >= 0.3 is 0 Å². The molecule has 0 aromatic carbocycles. The SMILES string of the molecule is Cc1cc(NC(C)CCc2cccn2C)ccn1. The molecular weight excluding hydrogens is 222 g/mol. The molecule has 2 aromatic heterocycles. The maximum absolute atomic E-state index is 4.20. The number of nitrogens with one attached hydrogen (secondary N) is 1. The Hall–Kier alpha value is -1.77. The van der Waals surface area contributed by atoms with Crippen LogP contribution in [-0.4, -0.2) is 15.6 Å². The number of anilines is 1. The normalized spacial score (nSPS) is 12.4. The van der Waals surface area contributed by atoms with E-state index in [1.165, 1.54) is 5.69 Å². The third kappa shape index (κ3) is 3.36. The minimum absolute atomic E-state index is 0.460. The first-order chi connectivity index (χ1) is 8.65. The van der Waals surface area contributed by atoms with Gasteiger partial charge in [0, 0.05) is 42.6 Å². The zero-order valence-electron chi connectivity index (χ0n) is 11.4. The Morgan fingerprint density at radius 2 is 2.22 bits per heavy atom. The van der Waals surface area contributed by atoms with Gasteiger partial charge in [0.25, 0.3) is 0 Å². The number of rotatable bonds is 5. The molecule has 0 saturated heterocycles. The second-order valence-corrected chi connectivity index (χ2v) is 4.88. The van der Waals surface area contributed by atoms with Crippen LogP contribution in [0.1, 0.15) is 24.7 Å². The molecule has 2 rings (SSSR count). The van der Waals surface area contributed by atoms with Gasteiger partial charge in [-0.05, 0) is 51.0 Å². The Morgan fingerprint density at radius 3 is 2.89 bits per heavy atom. The van der Waals surface area contributed by atoms with E-state index in [1.54, 1.807) is 0 Å². The second kappa shape index (κ2) is 5.71. The fourth-order valence-electron chi connectivity index (χ4n) is 2.11. The van der Waals surface area contributed by atoms with Crippen LogP contribution in [0.4, 0.5) is 5.69 Å². The molecule has 0 spiro atoms. The zero-order chi connectivity index (χ0) is 13.0. The van der Waals surface area contributed by atoms with E-state index in [9.17, 15) is 0 Å². The summed E-state index contributed by atoms with van der Waals surface area (Å²) in [7, 11) is 2.10. The van der Waals surface area contributed by atoms with Crippen molar-refractivity contribution in [1.29, 1.82) is 0 Å². The Labute approximate surface area is 109 Å². The predicted octanol–water partition coefficient (Wildman–Crippen LogP) is 3.16. The second-order valence-electron chi connectivity index (χ2n) is 4.88. The lowest BCUT2D eigenvalue weighted by atomic mass is 10.1. The van der Waals surface area contributed by atoms with Gasteiger partial charge in [-0.2, -0.15) is 0 Å². The highest BCUT2D eigenvalue weighted by atomic mass is 14.9. The van der Waals surface area contributed by atoms with Crippen LogP contribution in [0, 0.1) is 6.92 Å². The molecule has 3 heteroatoms. The summed E-state index contributed by atoms with van der Waals surface area (Å²) in [4.78, 5) is 4.20. The van der Waals surface area contributed by atoms with E-state index in [2.05, 4.69) is 53.2 Å². The summed E-state index contributed by atoms with van der Waals surface area (Å²) in [5.41, 5.74) is 3.59. The third-order valence-electron chi connectivity index (χ3n) is 3.19. The molecule has 2 heterocycles. The highest BCUT2D eigenvalue weighted by Gasteiger charge is 2.04. The molecule has 18 heavy (non-hydrogen) atoms. The van der Waals surface area contributed by atoms with E-state index in [-0.39, 0.29) is 0 Å². The molecule has 0 bridgehead atoms. The van der Waals surface area contributed by atoms with Crippen molar-refractivity contribution in [3.8, 4) is 0 Å². The number of aromatic nitrogens is 2.